The maximum Gasteiger partial charge on any atom is 0.140 e. The number of rotatable bonds is 6. The van der Waals surface area contributed by atoms with E-state index >= 15 is 0 Å². The lowest BCUT2D eigenvalue weighted by Gasteiger charge is -2.46. The second kappa shape index (κ2) is 10.5. The van der Waals surface area contributed by atoms with Gasteiger partial charge in [0.05, 0.1) is 0 Å². The molecule has 2 aliphatic rings. The van der Waals surface area contributed by atoms with Crippen LogP contribution in [0.15, 0.2) is 149 Å². The molecule has 0 bridgehead atoms. The third kappa shape index (κ3) is 4.05. The molecule has 0 fully saturated rings. The Morgan fingerprint density at radius 1 is 0.571 bits per heavy atom. The Morgan fingerprint density at radius 3 is 1.74 bits per heavy atom. The van der Waals surface area contributed by atoms with Gasteiger partial charge in [-0.3, -0.25) is 0 Å². The van der Waals surface area contributed by atoms with Crippen LogP contribution < -0.4 is 10.4 Å². The molecule has 1 aromatic heterocycles. The summed E-state index contributed by atoms with van der Waals surface area (Å²) < 4.78 is 6.51. The van der Waals surface area contributed by atoms with Crippen molar-refractivity contribution in [2.75, 3.05) is 0 Å². The zero-order valence-corrected chi connectivity index (χ0v) is 25.8. The summed E-state index contributed by atoms with van der Waals surface area (Å²) in [5, 5.41) is 2.92. The quantitative estimate of drug-likeness (QED) is 0.189. The number of furan rings is 1. The predicted octanol–water partition coefficient (Wildman–Crippen LogP) is 9.36. The van der Waals surface area contributed by atoms with Gasteiger partial charge in [0.2, 0.25) is 0 Å². The van der Waals surface area contributed by atoms with Gasteiger partial charge in [0, 0.05) is 16.7 Å². The minimum absolute atomic E-state index is 0.153. The van der Waals surface area contributed by atoms with E-state index in [4.69, 9.17) is 4.42 Å². The third-order valence-corrected chi connectivity index (χ3v) is 15.4. The normalized spacial score (nSPS) is 18.2. The van der Waals surface area contributed by atoms with Gasteiger partial charge in [-0.25, -0.2) is 0 Å². The topological polar surface area (TPSA) is 13.1 Å². The molecule has 2 heteroatoms. The van der Waals surface area contributed by atoms with Crippen LogP contribution in [0.5, 0.6) is 0 Å². The highest BCUT2D eigenvalue weighted by Gasteiger charge is 2.56. The van der Waals surface area contributed by atoms with Gasteiger partial charge >= 0.3 is 0 Å². The van der Waals surface area contributed by atoms with Crippen molar-refractivity contribution in [1.29, 1.82) is 0 Å². The maximum atomic E-state index is 6.51. The summed E-state index contributed by atoms with van der Waals surface area (Å²) in [6, 6.07) is 44.9. The van der Waals surface area contributed by atoms with E-state index in [9.17, 15) is 0 Å². The molecule has 1 nitrogen and oxygen atoms in total. The van der Waals surface area contributed by atoms with Crippen molar-refractivity contribution in [3.8, 4) is 11.1 Å². The van der Waals surface area contributed by atoms with Crippen LogP contribution in [-0.4, -0.2) is 8.07 Å². The highest BCUT2D eigenvalue weighted by molar-refractivity contribution is 7.06. The van der Waals surface area contributed by atoms with Crippen molar-refractivity contribution >= 4 is 30.1 Å². The third-order valence-electron chi connectivity index (χ3n) is 9.54. The Labute approximate surface area is 250 Å². The Kier molecular flexibility index (Phi) is 6.60. The van der Waals surface area contributed by atoms with Crippen LogP contribution >= 0.6 is 0 Å². The Hall–Kier alpha value is -4.40. The molecule has 0 radical (unpaired) electrons. The Bertz CT molecular complexity index is 1820. The van der Waals surface area contributed by atoms with E-state index in [-0.39, 0.29) is 5.54 Å². The number of benzene rings is 4. The summed E-state index contributed by atoms with van der Waals surface area (Å²) in [5.41, 5.74) is 11.4. The van der Waals surface area contributed by atoms with E-state index in [2.05, 4.69) is 161 Å². The maximum absolute atomic E-state index is 6.51. The van der Waals surface area contributed by atoms with Crippen LogP contribution in [0.4, 0.5) is 0 Å². The first kappa shape index (κ1) is 26.5. The minimum atomic E-state index is -2.72. The van der Waals surface area contributed by atoms with Crippen molar-refractivity contribution in [3.05, 3.63) is 167 Å². The molecule has 0 saturated heterocycles. The molecule has 206 valence electrons. The molecule has 0 N–H and O–H groups in total. The van der Waals surface area contributed by atoms with Gasteiger partial charge in [-0.05, 0) is 68.2 Å². The summed E-state index contributed by atoms with van der Waals surface area (Å²) in [6.45, 7) is 9.07. The molecule has 1 heterocycles. The summed E-state index contributed by atoms with van der Waals surface area (Å²) in [5.74, 6) is 1.92. The van der Waals surface area contributed by atoms with Crippen LogP contribution in [0.1, 0.15) is 49.0 Å². The molecule has 0 amide bonds. The molecule has 4 aromatic carbocycles. The van der Waals surface area contributed by atoms with Gasteiger partial charge in [-0.2, -0.15) is 0 Å². The fraction of sp³-hybridized carbons (Fsp3) is 0.150. The fourth-order valence-electron chi connectivity index (χ4n) is 7.80. The zero-order chi connectivity index (χ0) is 28.8. The lowest BCUT2D eigenvalue weighted by Crippen LogP contribution is -2.66. The number of fused-ring (bicyclic) bond motifs is 1. The first-order chi connectivity index (χ1) is 20.5. The monoisotopic (exact) mass is 560 g/mol. The smallest absolute Gasteiger partial charge is 0.140 e. The molecule has 7 rings (SSSR count). The zero-order valence-electron chi connectivity index (χ0n) is 24.8. The molecule has 2 aliphatic carbocycles. The average molecular weight is 561 g/mol. The number of allylic oxidation sites excluding steroid dienone is 5. The second-order valence-corrected chi connectivity index (χ2v) is 16.0. The number of aryl methyl sites for hydroxylation is 1. The van der Waals surface area contributed by atoms with E-state index in [0.717, 1.165) is 11.5 Å². The highest BCUT2D eigenvalue weighted by atomic mass is 28.3. The van der Waals surface area contributed by atoms with Crippen LogP contribution in [0, 0.1) is 6.92 Å². The van der Waals surface area contributed by atoms with Gasteiger partial charge in [0.25, 0.3) is 0 Å². The first-order valence-electron chi connectivity index (χ1n) is 14.9. The molecular weight excluding hydrogens is 525 g/mol. The molecule has 0 saturated carbocycles. The van der Waals surface area contributed by atoms with Gasteiger partial charge in [0.1, 0.15) is 19.6 Å². The van der Waals surface area contributed by atoms with E-state index < -0.39 is 8.07 Å². The predicted molar refractivity (Wildman–Crippen MR) is 180 cm³/mol. The van der Waals surface area contributed by atoms with Gasteiger partial charge in [-0.15, -0.1) is 0 Å². The second-order valence-electron chi connectivity index (χ2n) is 11.9. The molecule has 2 unspecified atom stereocenters. The van der Waals surface area contributed by atoms with E-state index in [1.807, 2.05) is 0 Å². The largest absolute Gasteiger partial charge is 0.462 e. The molecule has 0 aliphatic heterocycles. The van der Waals surface area contributed by atoms with Crippen molar-refractivity contribution in [2.24, 2.45) is 0 Å². The first-order valence-corrected chi connectivity index (χ1v) is 17.1. The summed E-state index contributed by atoms with van der Waals surface area (Å²) in [7, 11) is -2.72. The standard InChI is InChI=1S/C40H36OSi/c1-27-25-28(2)39(30(27)4)42(32-17-10-6-11-18-32,33-19-12-7-13-20-33)40-35-22-14-21-34(31-15-8-5-9-16-31)36(35)26-37(40)38-24-23-29(3)41-38/h5-26,39-40H,1-4H3. The van der Waals surface area contributed by atoms with Crippen molar-refractivity contribution in [3.63, 3.8) is 0 Å². The fourth-order valence-corrected chi connectivity index (χ4v) is 14.5. The van der Waals surface area contributed by atoms with Gasteiger partial charge < -0.3 is 4.42 Å². The van der Waals surface area contributed by atoms with Gasteiger partial charge in [0.15, 0.2) is 0 Å². The molecular formula is C40H36OSi. The minimum Gasteiger partial charge on any atom is -0.462 e. The Balaban J connectivity index is 1.62. The van der Waals surface area contributed by atoms with Crippen LogP contribution in [-0.2, 0) is 0 Å². The molecule has 2 atom stereocenters. The number of hydrogen-bond acceptors (Lipinski definition) is 1. The van der Waals surface area contributed by atoms with Crippen molar-refractivity contribution in [1.82, 2.24) is 0 Å². The van der Waals surface area contributed by atoms with Crippen LogP contribution in [0.2, 0.25) is 5.54 Å². The summed E-state index contributed by atoms with van der Waals surface area (Å²) in [4.78, 5) is 0. The van der Waals surface area contributed by atoms with Crippen molar-refractivity contribution in [2.45, 2.75) is 38.8 Å². The van der Waals surface area contributed by atoms with Gasteiger partial charge in [-0.1, -0.05) is 142 Å². The summed E-state index contributed by atoms with van der Waals surface area (Å²) >= 11 is 0. The Morgan fingerprint density at radius 2 is 1.19 bits per heavy atom. The lowest BCUT2D eigenvalue weighted by atomic mass is 9.97. The molecule has 42 heavy (non-hydrogen) atoms. The van der Waals surface area contributed by atoms with E-state index in [0.29, 0.717) is 5.54 Å². The van der Waals surface area contributed by atoms with Crippen LogP contribution in [0.3, 0.4) is 0 Å². The molecule has 5 aromatic rings. The highest BCUT2D eigenvalue weighted by Crippen LogP contribution is 2.56. The SMILES string of the molecule is CC1=CC(C)=C(C)C1[Si](c1ccccc1)(c1ccccc1)C1C(c2ccc(C)o2)=Cc2c(-c3ccccc3)cccc21. The lowest BCUT2D eigenvalue weighted by molar-refractivity contribution is 0.520. The van der Waals surface area contributed by atoms with E-state index in [1.54, 1.807) is 0 Å². The van der Waals surface area contributed by atoms with E-state index in [1.165, 1.54) is 54.9 Å². The summed E-state index contributed by atoms with van der Waals surface area (Å²) in [6.07, 6.45) is 4.89. The average Bonchev–Trinajstić information content (AvgIpc) is 3.71. The number of hydrogen-bond donors (Lipinski definition) is 0. The van der Waals surface area contributed by atoms with Crippen LogP contribution in [0.25, 0.3) is 22.8 Å². The van der Waals surface area contributed by atoms with Crippen molar-refractivity contribution < 1.29 is 4.42 Å². The molecule has 0 spiro atoms.